The Kier molecular flexibility index (Phi) is 5.01. The number of nitrogens with zero attached hydrogens (tertiary/aromatic N) is 1. The molecule has 3 aromatic rings. The number of methoxy groups -OCH3 is 1. The molecule has 0 bridgehead atoms. The number of hydrazine groups is 1. The summed E-state index contributed by atoms with van der Waals surface area (Å²) in [6, 6.07) is 11.1. The zero-order valence-corrected chi connectivity index (χ0v) is 14.6. The molecule has 0 aliphatic carbocycles. The largest absolute Gasteiger partial charge is 0.494 e. The fourth-order valence-corrected chi connectivity index (χ4v) is 3.18. The average Bonchev–Trinajstić information content (AvgIpc) is 3.03. The molecule has 0 unspecified atom stereocenters. The molecule has 1 aromatic heterocycles. The minimum atomic E-state index is -0.258. The Balaban J connectivity index is 1.73. The summed E-state index contributed by atoms with van der Waals surface area (Å²) >= 11 is 1.37. The number of aromatic nitrogens is 1. The van der Waals surface area contributed by atoms with Gasteiger partial charge in [0.05, 0.1) is 11.8 Å². The number of rotatable bonds is 6. The Hall–Kier alpha value is -2.84. The number of carbonyl (C=O) groups is 1. The number of nitrogens with two attached hydrogens (primary N) is 1. The molecule has 0 atom stereocenters. The molecule has 4 N–H and O–H groups in total. The fraction of sp³-hybridized carbons (Fsp3) is 0.176. The van der Waals surface area contributed by atoms with Crippen molar-refractivity contribution < 1.29 is 14.3 Å². The number of hydrogen-bond donors (Lipinski definition) is 3. The second-order valence-corrected chi connectivity index (χ2v) is 6.32. The van der Waals surface area contributed by atoms with Crippen LogP contribution in [0.5, 0.6) is 11.5 Å². The minimum absolute atomic E-state index is 0.0799. The van der Waals surface area contributed by atoms with E-state index in [4.69, 9.17) is 15.3 Å². The number of thiazole rings is 1. The van der Waals surface area contributed by atoms with Gasteiger partial charge in [-0.05, 0) is 24.6 Å². The Bertz CT molecular complexity index is 910. The molecular formula is C17H18N4O3S. The standard InChI is InChI=1S/C17H18N4O3S/c1-10-5-3-4-6-12(10)24-9-15(22)19-11-7-13(23-2)16-14(8-11)25-17(20-16)21-18/h3-8H,9,18H2,1-2H3,(H,19,22)(H,20,21). The summed E-state index contributed by atoms with van der Waals surface area (Å²) in [4.78, 5) is 16.5. The lowest BCUT2D eigenvalue weighted by Crippen LogP contribution is -2.20. The van der Waals surface area contributed by atoms with E-state index in [1.807, 2.05) is 37.3 Å². The van der Waals surface area contributed by atoms with E-state index in [9.17, 15) is 4.79 Å². The topological polar surface area (TPSA) is 98.5 Å². The summed E-state index contributed by atoms with van der Waals surface area (Å²) in [7, 11) is 1.55. The van der Waals surface area contributed by atoms with Gasteiger partial charge in [-0.1, -0.05) is 29.5 Å². The number of amides is 1. The molecule has 3 rings (SSSR count). The first-order valence-corrected chi connectivity index (χ1v) is 8.36. The van der Waals surface area contributed by atoms with Crippen molar-refractivity contribution in [3.63, 3.8) is 0 Å². The third-order valence-electron chi connectivity index (χ3n) is 3.54. The average molecular weight is 358 g/mol. The van der Waals surface area contributed by atoms with Crippen LogP contribution in [0, 0.1) is 6.92 Å². The van der Waals surface area contributed by atoms with E-state index in [2.05, 4.69) is 15.7 Å². The van der Waals surface area contributed by atoms with E-state index in [1.54, 1.807) is 13.2 Å². The second-order valence-electron chi connectivity index (χ2n) is 5.29. The highest BCUT2D eigenvalue weighted by Crippen LogP contribution is 2.35. The summed E-state index contributed by atoms with van der Waals surface area (Å²) in [5.74, 6) is 6.39. The molecule has 0 saturated heterocycles. The van der Waals surface area contributed by atoms with Crippen LogP contribution in [0.3, 0.4) is 0 Å². The molecule has 0 fully saturated rings. The summed E-state index contributed by atoms with van der Waals surface area (Å²) < 4.78 is 11.8. The zero-order valence-electron chi connectivity index (χ0n) is 13.8. The number of para-hydroxylation sites is 1. The molecule has 25 heavy (non-hydrogen) atoms. The van der Waals surface area contributed by atoms with Crippen LogP contribution in [0.15, 0.2) is 36.4 Å². The Morgan fingerprint density at radius 3 is 2.80 bits per heavy atom. The molecule has 0 aliphatic rings. The van der Waals surface area contributed by atoms with Gasteiger partial charge in [0.2, 0.25) is 0 Å². The van der Waals surface area contributed by atoms with E-state index in [0.29, 0.717) is 27.8 Å². The first-order chi connectivity index (χ1) is 12.1. The molecule has 0 spiro atoms. The van der Waals surface area contributed by atoms with Crippen molar-refractivity contribution in [2.45, 2.75) is 6.92 Å². The number of aryl methyl sites for hydroxylation is 1. The summed E-state index contributed by atoms with van der Waals surface area (Å²) in [5, 5.41) is 3.38. The molecule has 0 radical (unpaired) electrons. The van der Waals surface area contributed by atoms with Crippen LogP contribution >= 0.6 is 11.3 Å². The quantitative estimate of drug-likeness (QED) is 0.463. The molecule has 7 nitrogen and oxygen atoms in total. The zero-order chi connectivity index (χ0) is 17.8. The van der Waals surface area contributed by atoms with Crippen LogP contribution in [-0.2, 0) is 4.79 Å². The Labute approximate surface area is 148 Å². The SMILES string of the molecule is COc1cc(NC(=O)COc2ccccc2C)cc2sc(NN)nc12. The fourth-order valence-electron chi connectivity index (χ4n) is 2.35. The van der Waals surface area contributed by atoms with Gasteiger partial charge < -0.3 is 14.8 Å². The van der Waals surface area contributed by atoms with Crippen molar-refractivity contribution >= 4 is 38.3 Å². The second kappa shape index (κ2) is 7.37. The monoisotopic (exact) mass is 358 g/mol. The summed E-state index contributed by atoms with van der Waals surface area (Å²) in [5.41, 5.74) is 4.79. The first kappa shape index (κ1) is 17.0. The number of benzene rings is 2. The molecule has 8 heteroatoms. The lowest BCUT2D eigenvalue weighted by Gasteiger charge is -2.10. The predicted octanol–water partition coefficient (Wildman–Crippen LogP) is 2.92. The van der Waals surface area contributed by atoms with Crippen LogP contribution in [0.1, 0.15) is 5.56 Å². The maximum atomic E-state index is 12.2. The van der Waals surface area contributed by atoms with E-state index in [1.165, 1.54) is 11.3 Å². The minimum Gasteiger partial charge on any atom is -0.494 e. The molecule has 1 amide bonds. The van der Waals surface area contributed by atoms with Crippen molar-refractivity contribution in [1.29, 1.82) is 0 Å². The lowest BCUT2D eigenvalue weighted by atomic mass is 10.2. The molecule has 2 aromatic carbocycles. The highest BCUT2D eigenvalue weighted by atomic mass is 32.1. The van der Waals surface area contributed by atoms with Crippen LogP contribution in [0.25, 0.3) is 10.2 Å². The van der Waals surface area contributed by atoms with Crippen LogP contribution in [0.2, 0.25) is 0 Å². The van der Waals surface area contributed by atoms with Gasteiger partial charge in [-0.2, -0.15) is 0 Å². The number of hydrogen-bond acceptors (Lipinski definition) is 7. The van der Waals surface area contributed by atoms with Crippen molar-refractivity contribution in [3.05, 3.63) is 42.0 Å². The van der Waals surface area contributed by atoms with Gasteiger partial charge in [-0.15, -0.1) is 0 Å². The first-order valence-electron chi connectivity index (χ1n) is 7.54. The molecule has 1 heterocycles. The number of carbonyl (C=O) groups excluding carboxylic acids is 1. The van der Waals surface area contributed by atoms with E-state index >= 15 is 0 Å². The van der Waals surface area contributed by atoms with Gasteiger partial charge in [0.15, 0.2) is 11.7 Å². The summed E-state index contributed by atoms with van der Waals surface area (Å²) in [6.07, 6.45) is 0. The third-order valence-corrected chi connectivity index (χ3v) is 4.47. The Morgan fingerprint density at radius 2 is 2.08 bits per heavy atom. The number of anilines is 2. The van der Waals surface area contributed by atoms with Crippen molar-refractivity contribution in [3.8, 4) is 11.5 Å². The maximum absolute atomic E-state index is 12.2. The smallest absolute Gasteiger partial charge is 0.262 e. The van der Waals surface area contributed by atoms with Crippen LogP contribution in [-0.4, -0.2) is 24.6 Å². The predicted molar refractivity (Wildman–Crippen MR) is 99.3 cm³/mol. The highest BCUT2D eigenvalue weighted by Gasteiger charge is 2.12. The number of nitrogen functional groups attached to an aromatic ring is 1. The van der Waals surface area contributed by atoms with E-state index in [0.717, 1.165) is 10.3 Å². The number of fused-ring (bicyclic) bond motifs is 1. The van der Waals surface area contributed by atoms with Gasteiger partial charge in [0.1, 0.15) is 17.0 Å². The maximum Gasteiger partial charge on any atom is 0.262 e. The highest BCUT2D eigenvalue weighted by molar-refractivity contribution is 7.22. The van der Waals surface area contributed by atoms with Crippen LogP contribution < -0.4 is 26.1 Å². The van der Waals surface area contributed by atoms with Crippen LogP contribution in [0.4, 0.5) is 10.8 Å². The summed E-state index contributed by atoms with van der Waals surface area (Å²) in [6.45, 7) is 1.85. The lowest BCUT2D eigenvalue weighted by molar-refractivity contribution is -0.118. The van der Waals surface area contributed by atoms with Gasteiger partial charge in [-0.25, -0.2) is 10.8 Å². The number of ether oxygens (including phenoxy) is 2. The van der Waals surface area contributed by atoms with Crippen molar-refractivity contribution in [2.24, 2.45) is 5.84 Å². The van der Waals surface area contributed by atoms with Crippen molar-refractivity contribution in [2.75, 3.05) is 24.5 Å². The molecule has 130 valence electrons. The van der Waals surface area contributed by atoms with E-state index < -0.39 is 0 Å². The molecule has 0 aliphatic heterocycles. The normalized spacial score (nSPS) is 10.5. The van der Waals surface area contributed by atoms with E-state index in [-0.39, 0.29) is 12.5 Å². The van der Waals surface area contributed by atoms with Crippen molar-refractivity contribution in [1.82, 2.24) is 4.98 Å². The van der Waals surface area contributed by atoms with Gasteiger partial charge in [-0.3, -0.25) is 10.2 Å². The van der Waals surface area contributed by atoms with Gasteiger partial charge >= 0.3 is 0 Å². The third kappa shape index (κ3) is 3.81. The number of nitrogens with one attached hydrogen (secondary N) is 2. The molecule has 0 saturated carbocycles. The molecular weight excluding hydrogens is 340 g/mol. The Morgan fingerprint density at radius 1 is 1.28 bits per heavy atom. The van der Waals surface area contributed by atoms with Gasteiger partial charge in [0.25, 0.3) is 5.91 Å². The van der Waals surface area contributed by atoms with Gasteiger partial charge in [0, 0.05) is 11.8 Å².